The van der Waals surface area contributed by atoms with E-state index in [1.807, 2.05) is 0 Å². The highest BCUT2D eigenvalue weighted by atomic mass is 28.3. The van der Waals surface area contributed by atoms with Crippen molar-refractivity contribution >= 4 is 8.40 Å². The van der Waals surface area contributed by atoms with E-state index in [4.69, 9.17) is 0 Å². The highest BCUT2D eigenvalue weighted by molar-refractivity contribution is 6.78. The van der Waals surface area contributed by atoms with Gasteiger partial charge in [0.15, 0.2) is 0 Å². The second kappa shape index (κ2) is 7.06. The molecule has 0 heterocycles. The van der Waals surface area contributed by atoms with E-state index in [1.54, 1.807) is 0 Å². The quantitative estimate of drug-likeness (QED) is 0.713. The molecule has 0 atom stereocenters. The van der Waals surface area contributed by atoms with E-state index in [9.17, 15) is 0 Å². The van der Waals surface area contributed by atoms with E-state index >= 15 is 0 Å². The number of rotatable bonds is 6. The Kier molecular flexibility index (Phi) is 5.71. The lowest BCUT2D eigenvalue weighted by atomic mass is 10.0. The van der Waals surface area contributed by atoms with Gasteiger partial charge in [-0.25, -0.2) is 0 Å². The first-order valence-electron chi connectivity index (χ1n) is 8.33. The summed E-state index contributed by atoms with van der Waals surface area (Å²) in [4.78, 5) is 8.07. The van der Waals surface area contributed by atoms with Crippen LogP contribution in [0.5, 0.6) is 0 Å². The zero-order valence-corrected chi connectivity index (χ0v) is 13.4. The van der Waals surface area contributed by atoms with Crippen LogP contribution in [0.15, 0.2) is 0 Å². The molecular formula is C15H32N2Si. The van der Waals surface area contributed by atoms with Crippen LogP contribution in [0.4, 0.5) is 0 Å². The molecule has 0 aromatic heterocycles. The summed E-state index contributed by atoms with van der Waals surface area (Å²) in [6.45, 7) is 6.92. The van der Waals surface area contributed by atoms with Crippen molar-refractivity contribution in [1.82, 2.24) is 9.96 Å². The standard InChI is InChI=1S/C15H32N2Si/c1-3-16-18(17-4-2,15-12-8-9-13-15)14-10-6-5-7-11-14/h14-17H,3-13H2,1-2H3. The molecule has 0 aromatic carbocycles. The highest BCUT2D eigenvalue weighted by Crippen LogP contribution is 2.46. The lowest BCUT2D eigenvalue weighted by molar-refractivity contribution is 0.468. The van der Waals surface area contributed by atoms with Crippen molar-refractivity contribution in [2.24, 2.45) is 0 Å². The Hall–Kier alpha value is 0.137. The van der Waals surface area contributed by atoms with Crippen molar-refractivity contribution in [3.63, 3.8) is 0 Å². The number of hydrogen-bond donors (Lipinski definition) is 2. The normalized spacial score (nSPS) is 23.7. The van der Waals surface area contributed by atoms with Gasteiger partial charge >= 0.3 is 0 Å². The van der Waals surface area contributed by atoms with E-state index in [1.165, 1.54) is 57.8 Å². The molecule has 2 N–H and O–H groups in total. The molecular weight excluding hydrogens is 236 g/mol. The van der Waals surface area contributed by atoms with Crippen LogP contribution in [0, 0.1) is 0 Å². The lowest BCUT2D eigenvalue weighted by Gasteiger charge is -2.45. The van der Waals surface area contributed by atoms with Gasteiger partial charge in [0.05, 0.1) is 0 Å². The molecule has 0 spiro atoms. The molecule has 2 aliphatic carbocycles. The minimum atomic E-state index is -1.46. The third-order valence-corrected chi connectivity index (χ3v) is 10.8. The van der Waals surface area contributed by atoms with Crippen molar-refractivity contribution in [3.05, 3.63) is 0 Å². The van der Waals surface area contributed by atoms with Gasteiger partial charge in [-0.15, -0.1) is 0 Å². The van der Waals surface area contributed by atoms with E-state index in [0.29, 0.717) is 0 Å². The molecule has 2 nitrogen and oxygen atoms in total. The first-order valence-corrected chi connectivity index (χ1v) is 10.5. The summed E-state index contributed by atoms with van der Waals surface area (Å²) in [5, 5.41) is 0. The predicted molar refractivity (Wildman–Crippen MR) is 82.2 cm³/mol. The minimum Gasteiger partial charge on any atom is -0.325 e. The molecule has 2 saturated carbocycles. The molecule has 0 unspecified atom stereocenters. The maximum absolute atomic E-state index is 4.04. The molecule has 3 heteroatoms. The van der Waals surface area contributed by atoms with Crippen LogP contribution < -0.4 is 9.96 Å². The summed E-state index contributed by atoms with van der Waals surface area (Å²) in [7, 11) is -1.46. The van der Waals surface area contributed by atoms with Crippen molar-refractivity contribution < 1.29 is 0 Å². The Labute approximate surface area is 114 Å². The average molecular weight is 269 g/mol. The summed E-state index contributed by atoms with van der Waals surface area (Å²) < 4.78 is 0. The van der Waals surface area contributed by atoms with Gasteiger partial charge in [0.25, 0.3) is 0 Å². The van der Waals surface area contributed by atoms with Crippen molar-refractivity contribution in [2.45, 2.75) is 82.7 Å². The van der Waals surface area contributed by atoms with Crippen molar-refractivity contribution in [1.29, 1.82) is 0 Å². The Morgan fingerprint density at radius 1 is 0.722 bits per heavy atom. The molecule has 0 bridgehead atoms. The number of hydrogen-bond acceptors (Lipinski definition) is 2. The Bertz CT molecular complexity index is 227. The van der Waals surface area contributed by atoms with Gasteiger partial charge in [0.2, 0.25) is 8.40 Å². The van der Waals surface area contributed by atoms with Crippen LogP contribution in [0.25, 0.3) is 0 Å². The van der Waals surface area contributed by atoms with E-state index in [0.717, 1.165) is 24.2 Å². The maximum Gasteiger partial charge on any atom is 0.207 e. The summed E-state index contributed by atoms with van der Waals surface area (Å²) in [5.41, 5.74) is 2.00. The van der Waals surface area contributed by atoms with Gasteiger partial charge in [-0.05, 0) is 24.2 Å². The fourth-order valence-electron chi connectivity index (χ4n) is 4.50. The van der Waals surface area contributed by atoms with E-state index in [2.05, 4.69) is 23.8 Å². The largest absolute Gasteiger partial charge is 0.325 e. The lowest BCUT2D eigenvalue weighted by Crippen LogP contribution is -2.68. The van der Waals surface area contributed by atoms with Crippen LogP contribution in [0.2, 0.25) is 11.1 Å². The van der Waals surface area contributed by atoms with Gasteiger partial charge in [-0.1, -0.05) is 71.6 Å². The van der Waals surface area contributed by atoms with Crippen LogP contribution in [-0.4, -0.2) is 21.5 Å². The zero-order chi connectivity index (χ0) is 12.8. The highest BCUT2D eigenvalue weighted by Gasteiger charge is 2.48. The van der Waals surface area contributed by atoms with Crippen molar-refractivity contribution in [2.75, 3.05) is 13.1 Å². The van der Waals surface area contributed by atoms with Crippen LogP contribution in [0.3, 0.4) is 0 Å². The molecule has 0 saturated heterocycles. The summed E-state index contributed by atoms with van der Waals surface area (Å²) in [6, 6.07) is 0. The third-order valence-electron chi connectivity index (χ3n) is 5.19. The fraction of sp³-hybridized carbons (Fsp3) is 1.00. The first kappa shape index (κ1) is 14.5. The maximum atomic E-state index is 4.04. The molecule has 2 fully saturated rings. The Morgan fingerprint density at radius 2 is 1.11 bits per heavy atom. The minimum absolute atomic E-state index is 0.995. The summed E-state index contributed by atoms with van der Waals surface area (Å²) >= 11 is 0. The molecule has 0 amide bonds. The fourth-order valence-corrected chi connectivity index (χ4v) is 10.3. The topological polar surface area (TPSA) is 24.1 Å². The van der Waals surface area contributed by atoms with Gasteiger partial charge < -0.3 is 9.96 Å². The van der Waals surface area contributed by atoms with Crippen LogP contribution in [-0.2, 0) is 0 Å². The third kappa shape index (κ3) is 2.99. The van der Waals surface area contributed by atoms with Crippen molar-refractivity contribution in [3.8, 4) is 0 Å². The average Bonchev–Trinajstić information content (AvgIpc) is 2.94. The van der Waals surface area contributed by atoms with Crippen LogP contribution in [0.1, 0.15) is 71.6 Å². The van der Waals surface area contributed by atoms with Gasteiger partial charge in [0.1, 0.15) is 0 Å². The molecule has 2 aliphatic rings. The SMILES string of the molecule is CCN[Si](NCC)(C1CCCCC1)C1CCCC1. The molecule has 0 aromatic rings. The predicted octanol–water partition coefficient (Wildman–Crippen LogP) is 3.93. The smallest absolute Gasteiger partial charge is 0.207 e. The Morgan fingerprint density at radius 3 is 1.50 bits per heavy atom. The van der Waals surface area contributed by atoms with Gasteiger partial charge in [-0.3, -0.25) is 0 Å². The van der Waals surface area contributed by atoms with Gasteiger partial charge in [0, 0.05) is 0 Å². The second-order valence-electron chi connectivity index (χ2n) is 6.25. The van der Waals surface area contributed by atoms with Gasteiger partial charge in [-0.2, -0.15) is 0 Å². The molecule has 18 heavy (non-hydrogen) atoms. The molecule has 0 radical (unpaired) electrons. The Balaban J connectivity index is 2.16. The summed E-state index contributed by atoms with van der Waals surface area (Å²) in [6.07, 6.45) is 13.3. The van der Waals surface area contributed by atoms with Crippen LogP contribution >= 0.6 is 0 Å². The molecule has 2 rings (SSSR count). The first-order chi connectivity index (χ1) is 8.83. The summed E-state index contributed by atoms with van der Waals surface area (Å²) in [5.74, 6) is 0. The molecule has 0 aliphatic heterocycles. The number of nitrogens with one attached hydrogen (secondary N) is 2. The monoisotopic (exact) mass is 268 g/mol. The van der Waals surface area contributed by atoms with E-state index in [-0.39, 0.29) is 0 Å². The second-order valence-corrected chi connectivity index (χ2v) is 10.3. The zero-order valence-electron chi connectivity index (χ0n) is 12.4. The molecule has 106 valence electrons. The van der Waals surface area contributed by atoms with E-state index < -0.39 is 8.40 Å².